The molecule has 1 heterocycles. The quantitative estimate of drug-likeness (QED) is 0.477. The van der Waals surface area contributed by atoms with Crippen LogP contribution in [-0.4, -0.2) is 49.5 Å². The molecule has 1 aromatic rings. The van der Waals surface area contributed by atoms with Gasteiger partial charge in [0.15, 0.2) is 4.84 Å². The molecule has 0 saturated carbocycles. The van der Waals surface area contributed by atoms with Gasteiger partial charge in [-0.25, -0.2) is 0 Å². The molecule has 1 aromatic carbocycles. The minimum absolute atomic E-state index is 0.170. The summed E-state index contributed by atoms with van der Waals surface area (Å²) in [7, 11) is 0. The number of anilines is 2. The summed E-state index contributed by atoms with van der Waals surface area (Å²) in [5.41, 5.74) is 1.90. The highest BCUT2D eigenvalue weighted by Crippen LogP contribution is 2.27. The third-order valence-electron chi connectivity index (χ3n) is 4.36. The largest absolute Gasteiger partial charge is 0.382 e. The topological polar surface area (TPSA) is 70.7 Å². The van der Waals surface area contributed by atoms with E-state index in [0.717, 1.165) is 38.0 Å². The smallest absolute Gasteiger partial charge is 0.257 e. The van der Waals surface area contributed by atoms with Gasteiger partial charge in [0.05, 0.1) is 5.56 Å². The Morgan fingerprint density at radius 1 is 1.22 bits per heavy atom. The number of piperidine rings is 1. The monoisotopic (exact) mass is 415 g/mol. The maximum Gasteiger partial charge on any atom is 0.257 e. The van der Waals surface area contributed by atoms with Gasteiger partial charge in [0, 0.05) is 44.2 Å². The zero-order chi connectivity index (χ0) is 19.6. The SMILES string of the molecule is CCOCCCNC(=O)c1cc(NC(=O)C(Cl)Cl)ccc1N1CCCCC1. The van der Waals surface area contributed by atoms with Gasteiger partial charge in [-0.15, -0.1) is 0 Å². The number of amides is 2. The van der Waals surface area contributed by atoms with Gasteiger partial charge in [-0.3, -0.25) is 9.59 Å². The molecule has 6 nitrogen and oxygen atoms in total. The van der Waals surface area contributed by atoms with E-state index in [9.17, 15) is 9.59 Å². The molecule has 0 atom stereocenters. The average Bonchev–Trinajstić information content (AvgIpc) is 2.68. The first-order chi connectivity index (χ1) is 13.0. The fourth-order valence-electron chi connectivity index (χ4n) is 3.02. The van der Waals surface area contributed by atoms with E-state index >= 15 is 0 Å². The molecule has 2 amide bonds. The number of nitrogens with one attached hydrogen (secondary N) is 2. The summed E-state index contributed by atoms with van der Waals surface area (Å²) < 4.78 is 5.29. The molecule has 0 aliphatic carbocycles. The van der Waals surface area contributed by atoms with Crippen LogP contribution in [0.15, 0.2) is 18.2 Å². The van der Waals surface area contributed by atoms with Crippen LogP contribution in [0.1, 0.15) is 43.0 Å². The van der Waals surface area contributed by atoms with Crippen molar-refractivity contribution in [3.8, 4) is 0 Å². The number of alkyl halides is 2. The number of carbonyl (C=O) groups is 2. The first-order valence-electron chi connectivity index (χ1n) is 9.37. The fraction of sp³-hybridized carbons (Fsp3) is 0.579. The molecular formula is C19H27Cl2N3O3. The Bertz CT molecular complexity index is 635. The second-order valence-electron chi connectivity index (χ2n) is 6.38. The van der Waals surface area contributed by atoms with E-state index < -0.39 is 10.7 Å². The van der Waals surface area contributed by atoms with Gasteiger partial charge < -0.3 is 20.3 Å². The van der Waals surface area contributed by atoms with E-state index in [2.05, 4.69) is 15.5 Å². The molecule has 0 aromatic heterocycles. The van der Waals surface area contributed by atoms with Gasteiger partial charge in [0.2, 0.25) is 0 Å². The Hall–Kier alpha value is -1.50. The lowest BCUT2D eigenvalue weighted by molar-refractivity contribution is -0.114. The fourth-order valence-corrected chi connectivity index (χ4v) is 3.13. The highest BCUT2D eigenvalue weighted by atomic mass is 35.5. The second-order valence-corrected chi connectivity index (χ2v) is 7.47. The van der Waals surface area contributed by atoms with E-state index in [1.165, 1.54) is 6.42 Å². The van der Waals surface area contributed by atoms with Gasteiger partial charge in [0.25, 0.3) is 11.8 Å². The lowest BCUT2D eigenvalue weighted by Crippen LogP contribution is -2.33. The number of ether oxygens (including phenoxy) is 1. The second kappa shape index (κ2) is 11.4. The van der Waals surface area contributed by atoms with Crippen molar-refractivity contribution in [2.75, 3.05) is 43.1 Å². The number of nitrogens with zero attached hydrogens (tertiary/aromatic N) is 1. The van der Waals surface area contributed by atoms with E-state index in [0.29, 0.717) is 31.0 Å². The summed E-state index contributed by atoms with van der Waals surface area (Å²) >= 11 is 11.2. The molecule has 0 radical (unpaired) electrons. The highest BCUT2D eigenvalue weighted by molar-refractivity contribution is 6.54. The van der Waals surface area contributed by atoms with Crippen LogP contribution in [0.3, 0.4) is 0 Å². The zero-order valence-electron chi connectivity index (χ0n) is 15.6. The van der Waals surface area contributed by atoms with Crippen molar-refractivity contribution in [1.82, 2.24) is 5.32 Å². The molecular weight excluding hydrogens is 389 g/mol. The molecule has 2 N–H and O–H groups in total. The van der Waals surface area contributed by atoms with Crippen molar-refractivity contribution in [1.29, 1.82) is 0 Å². The van der Waals surface area contributed by atoms with Crippen LogP contribution < -0.4 is 15.5 Å². The van der Waals surface area contributed by atoms with Gasteiger partial charge >= 0.3 is 0 Å². The van der Waals surface area contributed by atoms with Gasteiger partial charge in [-0.2, -0.15) is 0 Å². The lowest BCUT2D eigenvalue weighted by atomic mass is 10.1. The van der Waals surface area contributed by atoms with Crippen molar-refractivity contribution >= 4 is 46.4 Å². The molecule has 1 saturated heterocycles. The Morgan fingerprint density at radius 2 is 1.96 bits per heavy atom. The van der Waals surface area contributed by atoms with Crippen molar-refractivity contribution in [3.05, 3.63) is 23.8 Å². The first-order valence-corrected chi connectivity index (χ1v) is 10.2. The summed E-state index contributed by atoms with van der Waals surface area (Å²) in [6, 6.07) is 5.31. The van der Waals surface area contributed by atoms with Gasteiger partial charge in [-0.05, 0) is 50.8 Å². The van der Waals surface area contributed by atoms with Crippen LogP contribution in [0.2, 0.25) is 0 Å². The number of rotatable bonds is 9. The van der Waals surface area contributed by atoms with Crippen LogP contribution in [-0.2, 0) is 9.53 Å². The first kappa shape index (κ1) is 21.8. The zero-order valence-corrected chi connectivity index (χ0v) is 17.1. The van der Waals surface area contributed by atoms with Gasteiger partial charge in [0.1, 0.15) is 0 Å². The Balaban J connectivity index is 2.14. The molecule has 27 heavy (non-hydrogen) atoms. The minimum Gasteiger partial charge on any atom is -0.382 e. The lowest BCUT2D eigenvalue weighted by Gasteiger charge is -2.30. The predicted octanol–water partition coefficient (Wildman–Crippen LogP) is 3.58. The van der Waals surface area contributed by atoms with E-state index in [1.807, 2.05) is 13.0 Å². The van der Waals surface area contributed by atoms with E-state index in [1.54, 1.807) is 12.1 Å². The summed E-state index contributed by atoms with van der Waals surface area (Å²) in [6.07, 6.45) is 4.16. The number of hydrogen-bond donors (Lipinski definition) is 2. The third kappa shape index (κ3) is 6.87. The number of benzene rings is 1. The average molecular weight is 416 g/mol. The van der Waals surface area contributed by atoms with Gasteiger partial charge in [-0.1, -0.05) is 23.2 Å². The maximum atomic E-state index is 12.8. The van der Waals surface area contributed by atoms with Crippen LogP contribution in [0.25, 0.3) is 0 Å². The normalized spacial score (nSPS) is 14.3. The van der Waals surface area contributed by atoms with E-state index in [-0.39, 0.29) is 5.91 Å². The molecule has 0 spiro atoms. The summed E-state index contributed by atoms with van der Waals surface area (Å²) in [6.45, 7) is 5.58. The highest BCUT2D eigenvalue weighted by Gasteiger charge is 2.20. The molecule has 1 fully saturated rings. The van der Waals surface area contributed by atoms with Crippen molar-refractivity contribution in [3.63, 3.8) is 0 Å². The molecule has 2 rings (SSSR count). The Kier molecular flexibility index (Phi) is 9.18. The summed E-state index contributed by atoms with van der Waals surface area (Å²) in [4.78, 5) is 25.6. The van der Waals surface area contributed by atoms with Crippen molar-refractivity contribution in [2.45, 2.75) is 37.4 Å². The predicted molar refractivity (Wildman–Crippen MR) is 110 cm³/mol. The molecule has 0 bridgehead atoms. The number of hydrogen-bond acceptors (Lipinski definition) is 4. The summed E-state index contributed by atoms with van der Waals surface area (Å²) in [5.74, 6) is -0.691. The van der Waals surface area contributed by atoms with Crippen LogP contribution in [0, 0.1) is 0 Å². The molecule has 8 heteroatoms. The third-order valence-corrected chi connectivity index (χ3v) is 4.76. The van der Waals surface area contributed by atoms with Crippen LogP contribution in [0.5, 0.6) is 0 Å². The minimum atomic E-state index is -1.16. The standard InChI is InChI=1S/C19H27Cl2N3O3/c1-2-27-12-6-9-22-18(25)15-13-14(23-19(26)17(20)21)7-8-16(15)24-10-4-3-5-11-24/h7-8,13,17H,2-6,9-12H2,1H3,(H,22,25)(H,23,26). The maximum absolute atomic E-state index is 12.8. The number of halogens is 2. The van der Waals surface area contributed by atoms with Crippen LogP contribution in [0.4, 0.5) is 11.4 Å². The van der Waals surface area contributed by atoms with Crippen molar-refractivity contribution < 1.29 is 14.3 Å². The number of carbonyl (C=O) groups excluding carboxylic acids is 2. The molecule has 1 aliphatic heterocycles. The Labute approximate surface area is 170 Å². The van der Waals surface area contributed by atoms with E-state index in [4.69, 9.17) is 27.9 Å². The summed E-state index contributed by atoms with van der Waals surface area (Å²) in [5, 5.41) is 5.56. The van der Waals surface area contributed by atoms with Crippen LogP contribution >= 0.6 is 23.2 Å². The molecule has 0 unspecified atom stereocenters. The molecule has 150 valence electrons. The molecule has 1 aliphatic rings. The Morgan fingerprint density at radius 3 is 2.63 bits per heavy atom. The van der Waals surface area contributed by atoms with Crippen molar-refractivity contribution in [2.24, 2.45) is 0 Å².